The maximum atomic E-state index is 12.8. The van der Waals surface area contributed by atoms with Crippen molar-refractivity contribution in [2.45, 2.75) is 32.7 Å². The van der Waals surface area contributed by atoms with Gasteiger partial charge in [-0.2, -0.15) is 0 Å². The fraction of sp³-hybridized carbons (Fsp3) is 0.625. The second kappa shape index (κ2) is 5.81. The highest BCUT2D eigenvalue weighted by Crippen LogP contribution is 2.52. The van der Waals surface area contributed by atoms with Gasteiger partial charge in [-0.05, 0) is 30.3 Å². The van der Waals surface area contributed by atoms with Gasteiger partial charge in [0, 0.05) is 24.9 Å². The zero-order chi connectivity index (χ0) is 14.0. The second-order valence-corrected chi connectivity index (χ2v) is 9.62. The maximum Gasteiger partial charge on any atom is 0.0906 e. The van der Waals surface area contributed by atoms with Crippen LogP contribution >= 0.6 is 7.14 Å². The van der Waals surface area contributed by atoms with Crippen LogP contribution in [0.3, 0.4) is 0 Å². The molecule has 106 valence electrons. The Kier molecular flexibility index (Phi) is 4.53. The molecule has 0 amide bonds. The van der Waals surface area contributed by atoms with Gasteiger partial charge in [-0.3, -0.25) is 4.90 Å². The van der Waals surface area contributed by atoms with Gasteiger partial charge in [0.1, 0.15) is 0 Å². The van der Waals surface area contributed by atoms with E-state index >= 15 is 0 Å². The SMILES string of the molecule is CCP1(=O)CCN(C)C(c2ccccc2C(C)C)C1. The van der Waals surface area contributed by atoms with Crippen LogP contribution in [0.2, 0.25) is 0 Å². The molecule has 0 saturated carbocycles. The predicted molar refractivity (Wildman–Crippen MR) is 83.8 cm³/mol. The van der Waals surface area contributed by atoms with Crippen molar-refractivity contribution in [1.82, 2.24) is 4.90 Å². The Balaban J connectivity index is 2.36. The van der Waals surface area contributed by atoms with Crippen LogP contribution in [0.15, 0.2) is 24.3 Å². The highest BCUT2D eigenvalue weighted by Gasteiger charge is 2.34. The maximum absolute atomic E-state index is 12.8. The van der Waals surface area contributed by atoms with Crippen LogP contribution in [-0.4, -0.2) is 37.0 Å². The van der Waals surface area contributed by atoms with Gasteiger partial charge in [0.25, 0.3) is 0 Å². The number of rotatable bonds is 3. The number of nitrogens with zero attached hydrogens (tertiary/aromatic N) is 1. The molecule has 0 bridgehead atoms. The lowest BCUT2D eigenvalue weighted by Gasteiger charge is -2.38. The Hall–Kier alpha value is -0.590. The average molecular weight is 279 g/mol. The normalized spacial score (nSPS) is 28.8. The van der Waals surface area contributed by atoms with Gasteiger partial charge < -0.3 is 4.57 Å². The van der Waals surface area contributed by atoms with Gasteiger partial charge >= 0.3 is 0 Å². The van der Waals surface area contributed by atoms with Gasteiger partial charge in [0.2, 0.25) is 0 Å². The quantitative estimate of drug-likeness (QED) is 0.774. The van der Waals surface area contributed by atoms with E-state index in [-0.39, 0.29) is 0 Å². The van der Waals surface area contributed by atoms with Crippen molar-refractivity contribution >= 4 is 7.14 Å². The van der Waals surface area contributed by atoms with Crippen molar-refractivity contribution in [1.29, 1.82) is 0 Å². The predicted octanol–water partition coefficient (Wildman–Crippen LogP) is 4.18. The molecule has 1 aliphatic rings. The highest BCUT2D eigenvalue weighted by atomic mass is 31.2. The lowest BCUT2D eigenvalue weighted by atomic mass is 9.93. The third-order valence-corrected chi connectivity index (χ3v) is 7.63. The zero-order valence-electron chi connectivity index (χ0n) is 12.6. The third-order valence-electron chi connectivity index (χ3n) is 4.45. The van der Waals surface area contributed by atoms with Crippen LogP contribution in [-0.2, 0) is 4.57 Å². The van der Waals surface area contributed by atoms with Crippen LogP contribution < -0.4 is 0 Å². The highest BCUT2D eigenvalue weighted by molar-refractivity contribution is 7.64. The number of benzene rings is 1. The molecule has 1 aliphatic heterocycles. The van der Waals surface area contributed by atoms with Gasteiger partial charge in [-0.25, -0.2) is 0 Å². The van der Waals surface area contributed by atoms with E-state index in [4.69, 9.17) is 0 Å². The Labute approximate surface area is 117 Å². The van der Waals surface area contributed by atoms with E-state index in [0.29, 0.717) is 12.0 Å². The van der Waals surface area contributed by atoms with Crippen LogP contribution in [0.4, 0.5) is 0 Å². The first-order valence-corrected chi connectivity index (χ1v) is 9.59. The van der Waals surface area contributed by atoms with Crippen LogP contribution in [0.1, 0.15) is 43.9 Å². The average Bonchev–Trinajstić information content (AvgIpc) is 2.42. The van der Waals surface area contributed by atoms with E-state index < -0.39 is 7.14 Å². The van der Waals surface area contributed by atoms with Gasteiger partial charge in [0.15, 0.2) is 0 Å². The number of hydrogen-bond acceptors (Lipinski definition) is 2. The Morgan fingerprint density at radius 3 is 2.68 bits per heavy atom. The molecule has 0 aromatic heterocycles. The van der Waals surface area contributed by atoms with E-state index in [0.717, 1.165) is 25.0 Å². The molecule has 2 unspecified atom stereocenters. The summed E-state index contributed by atoms with van der Waals surface area (Å²) < 4.78 is 12.8. The molecular formula is C16H26NOP. The fourth-order valence-corrected chi connectivity index (χ4v) is 5.55. The molecule has 1 fully saturated rings. The standard InChI is InChI=1S/C16H26NOP/c1-5-19(18)11-10-17(4)16(12-19)15-9-7-6-8-14(15)13(2)3/h6-9,13,16H,5,10-12H2,1-4H3. The van der Waals surface area contributed by atoms with Crippen LogP contribution in [0.5, 0.6) is 0 Å². The minimum Gasteiger partial charge on any atom is -0.323 e. The Morgan fingerprint density at radius 2 is 2.05 bits per heavy atom. The first kappa shape index (κ1) is 14.8. The van der Waals surface area contributed by atoms with Gasteiger partial charge in [-0.1, -0.05) is 45.0 Å². The lowest BCUT2D eigenvalue weighted by molar-refractivity contribution is 0.264. The molecule has 0 aliphatic carbocycles. The molecule has 0 N–H and O–H groups in total. The topological polar surface area (TPSA) is 20.3 Å². The zero-order valence-corrected chi connectivity index (χ0v) is 13.5. The van der Waals surface area contributed by atoms with Crippen LogP contribution in [0.25, 0.3) is 0 Å². The molecule has 0 spiro atoms. The van der Waals surface area contributed by atoms with Gasteiger partial charge in [0.05, 0.1) is 7.14 Å². The molecule has 2 atom stereocenters. The van der Waals surface area contributed by atoms with E-state index in [1.807, 2.05) is 0 Å². The molecule has 2 rings (SSSR count). The first-order chi connectivity index (χ1) is 8.97. The minimum atomic E-state index is -1.95. The number of hydrogen-bond donors (Lipinski definition) is 0. The lowest BCUT2D eigenvalue weighted by Crippen LogP contribution is -2.36. The monoisotopic (exact) mass is 279 g/mol. The molecule has 1 aromatic rings. The van der Waals surface area contributed by atoms with Gasteiger partial charge in [-0.15, -0.1) is 0 Å². The van der Waals surface area contributed by atoms with Crippen molar-refractivity contribution in [2.75, 3.05) is 32.1 Å². The van der Waals surface area contributed by atoms with Crippen molar-refractivity contribution < 1.29 is 4.57 Å². The van der Waals surface area contributed by atoms with Crippen molar-refractivity contribution in [2.24, 2.45) is 0 Å². The molecular weight excluding hydrogens is 253 g/mol. The molecule has 1 aromatic carbocycles. The van der Waals surface area contributed by atoms with E-state index in [2.05, 4.69) is 57.0 Å². The molecule has 1 saturated heterocycles. The molecule has 19 heavy (non-hydrogen) atoms. The Bertz CT molecular complexity index is 483. The first-order valence-electron chi connectivity index (χ1n) is 7.33. The summed E-state index contributed by atoms with van der Waals surface area (Å²) in [6.07, 6.45) is 2.59. The summed E-state index contributed by atoms with van der Waals surface area (Å²) in [4.78, 5) is 2.38. The molecule has 1 heterocycles. The second-order valence-electron chi connectivity index (χ2n) is 6.06. The summed E-state index contributed by atoms with van der Waals surface area (Å²) in [5.41, 5.74) is 2.79. The van der Waals surface area contributed by atoms with Crippen molar-refractivity contribution in [3.8, 4) is 0 Å². The van der Waals surface area contributed by atoms with E-state index in [1.54, 1.807) is 0 Å². The third kappa shape index (κ3) is 3.12. The largest absolute Gasteiger partial charge is 0.323 e. The van der Waals surface area contributed by atoms with Crippen molar-refractivity contribution in [3.05, 3.63) is 35.4 Å². The smallest absolute Gasteiger partial charge is 0.0906 e. The summed E-state index contributed by atoms with van der Waals surface area (Å²) >= 11 is 0. The summed E-state index contributed by atoms with van der Waals surface area (Å²) in [5.74, 6) is 0.521. The minimum absolute atomic E-state index is 0.332. The Morgan fingerprint density at radius 1 is 1.37 bits per heavy atom. The molecule has 0 radical (unpaired) electrons. The summed E-state index contributed by atoms with van der Waals surface area (Å²) in [6.45, 7) is 7.52. The van der Waals surface area contributed by atoms with E-state index in [1.165, 1.54) is 11.1 Å². The van der Waals surface area contributed by atoms with E-state index in [9.17, 15) is 4.57 Å². The van der Waals surface area contributed by atoms with Crippen LogP contribution in [0, 0.1) is 0 Å². The molecule has 3 heteroatoms. The summed E-state index contributed by atoms with van der Waals surface area (Å²) in [6, 6.07) is 9.00. The molecule has 2 nitrogen and oxygen atoms in total. The summed E-state index contributed by atoms with van der Waals surface area (Å²) in [5, 5.41) is 0. The fourth-order valence-electron chi connectivity index (χ4n) is 3.00. The van der Waals surface area contributed by atoms with Crippen molar-refractivity contribution in [3.63, 3.8) is 0 Å². The summed E-state index contributed by atoms with van der Waals surface area (Å²) in [7, 11) is 0.223.